The number of aryl methyl sites for hydroxylation is 6. The van der Waals surface area contributed by atoms with Gasteiger partial charge in [0.1, 0.15) is 46.5 Å². The molecule has 0 spiro atoms. The summed E-state index contributed by atoms with van der Waals surface area (Å²) in [6, 6.07) is 31.8. The summed E-state index contributed by atoms with van der Waals surface area (Å²) in [4.78, 5) is 45.0. The molecule has 7 heterocycles. The molecule has 0 unspecified atom stereocenters. The first-order chi connectivity index (χ1) is 51.9. The quantitative estimate of drug-likeness (QED) is 0.0343. The maximum Gasteiger partial charge on any atom is 0.144 e. The molecule has 10 heteroatoms. The van der Waals surface area contributed by atoms with E-state index in [1.165, 1.54) is 303 Å². The first kappa shape index (κ1) is 85.7. The predicted octanol–water partition coefficient (Wildman–Crippen LogP) is 30.0. The molecule has 0 bridgehead atoms. The lowest BCUT2D eigenvalue weighted by Crippen LogP contribution is -2.21. The average Bonchev–Trinajstić information content (AvgIpc) is 0.764. The van der Waals surface area contributed by atoms with Crippen molar-refractivity contribution in [1.82, 2.24) is 34.9 Å². The molecule has 7 aromatic heterocycles. The number of unbranched alkanes of at least 4 members (excludes halogenated alkanes) is 42. The Labute approximate surface area is 641 Å². The maximum atomic E-state index is 6.02. The van der Waals surface area contributed by atoms with E-state index in [9.17, 15) is 0 Å². The zero-order valence-corrected chi connectivity index (χ0v) is 67.7. The van der Waals surface area contributed by atoms with Gasteiger partial charge in [0.2, 0.25) is 0 Å². The Bertz CT molecular complexity index is 2780. The van der Waals surface area contributed by atoms with Gasteiger partial charge in [-0.2, -0.15) is 0 Å². The molecular weight excluding hydrogens is 1280 g/mol. The second-order valence-electron chi connectivity index (χ2n) is 31.0. The van der Waals surface area contributed by atoms with Crippen LogP contribution >= 0.6 is 0 Å². The first-order valence-corrected chi connectivity index (χ1v) is 44.1. The molecular formula is C95H146N10. The third kappa shape index (κ3) is 34.1. The van der Waals surface area contributed by atoms with E-state index in [2.05, 4.69) is 141 Å². The fourth-order valence-electron chi connectivity index (χ4n) is 15.1. The molecule has 10 nitrogen and oxygen atoms in total. The number of rotatable bonds is 63. The lowest BCUT2D eigenvalue weighted by molar-refractivity contribution is 0.575. The van der Waals surface area contributed by atoms with Crippen molar-refractivity contribution in [2.45, 2.75) is 388 Å². The van der Waals surface area contributed by atoms with E-state index in [-0.39, 0.29) is 0 Å². The van der Waals surface area contributed by atoms with Gasteiger partial charge in [0.05, 0.1) is 5.69 Å². The summed E-state index contributed by atoms with van der Waals surface area (Å²) in [6.45, 7) is 13.8. The predicted molar refractivity (Wildman–Crippen MR) is 453 cm³/mol. The fourth-order valence-corrected chi connectivity index (χ4v) is 15.1. The third-order valence-electron chi connectivity index (χ3n) is 21.6. The maximum absolute atomic E-state index is 6.02. The largest absolute Gasteiger partial charge is 0.279 e. The van der Waals surface area contributed by atoms with Crippen LogP contribution in [0.15, 0.2) is 122 Å². The molecule has 0 atom stereocenters. The van der Waals surface area contributed by atoms with Crippen LogP contribution in [0.1, 0.15) is 383 Å². The summed E-state index contributed by atoms with van der Waals surface area (Å²) in [7, 11) is 0. The van der Waals surface area contributed by atoms with E-state index in [0.717, 1.165) is 118 Å². The SMILES string of the molecule is CCCCCCCCCCc1ccnc(N(c2cc(N(c3cc(CCCCCCCCCC)ccn3)c3cc(CCCCCCCCCC)ccn3)nc(N(c3cc(CCCCCCCCCC)ccn3)c3cc(CCCCCCCCCC)ccn3)c2)c2cc(CCCCCCCCCC)ccn2)c1. The van der Waals surface area contributed by atoms with Crippen molar-refractivity contribution < 1.29 is 0 Å². The zero-order valence-electron chi connectivity index (χ0n) is 67.7. The molecule has 7 aromatic rings. The van der Waals surface area contributed by atoms with Gasteiger partial charge in [-0.1, -0.05) is 311 Å². The molecule has 105 heavy (non-hydrogen) atoms. The molecule has 0 fully saturated rings. The summed E-state index contributed by atoms with van der Waals surface area (Å²) in [5.41, 5.74) is 8.55. The van der Waals surface area contributed by atoms with Gasteiger partial charge in [0.25, 0.3) is 0 Å². The number of nitrogens with zero attached hydrogens (tertiary/aromatic N) is 10. The molecule has 0 N–H and O–H groups in total. The van der Waals surface area contributed by atoms with Crippen molar-refractivity contribution in [3.05, 3.63) is 155 Å². The van der Waals surface area contributed by atoms with Gasteiger partial charge >= 0.3 is 0 Å². The van der Waals surface area contributed by atoms with E-state index in [1.807, 2.05) is 37.2 Å². The number of hydrogen-bond donors (Lipinski definition) is 0. The van der Waals surface area contributed by atoms with Crippen molar-refractivity contribution in [2.75, 3.05) is 14.7 Å². The van der Waals surface area contributed by atoms with Crippen LogP contribution in [0.4, 0.5) is 52.2 Å². The highest BCUT2D eigenvalue weighted by molar-refractivity contribution is 5.83. The lowest BCUT2D eigenvalue weighted by Gasteiger charge is -2.30. The Kier molecular flexibility index (Phi) is 44.8. The summed E-state index contributed by atoms with van der Waals surface area (Å²) < 4.78 is 0. The van der Waals surface area contributed by atoms with E-state index < -0.39 is 0 Å². The van der Waals surface area contributed by atoms with Gasteiger partial charge in [-0.3, -0.25) is 14.7 Å². The van der Waals surface area contributed by atoms with E-state index >= 15 is 0 Å². The second kappa shape index (κ2) is 54.9. The summed E-state index contributed by atoms with van der Waals surface area (Å²) in [6.07, 6.45) is 79.5. The molecule has 0 amide bonds. The van der Waals surface area contributed by atoms with Crippen molar-refractivity contribution in [3.63, 3.8) is 0 Å². The highest BCUT2D eigenvalue weighted by atomic mass is 15.3. The van der Waals surface area contributed by atoms with Crippen LogP contribution in [0.2, 0.25) is 0 Å². The molecule has 576 valence electrons. The van der Waals surface area contributed by atoms with Gasteiger partial charge in [-0.15, -0.1) is 0 Å². The van der Waals surface area contributed by atoms with Crippen LogP contribution in [-0.2, 0) is 38.5 Å². The highest BCUT2D eigenvalue weighted by Crippen LogP contribution is 2.43. The molecule has 0 aliphatic heterocycles. The average molecular weight is 1430 g/mol. The van der Waals surface area contributed by atoms with E-state index in [4.69, 9.17) is 34.9 Å². The van der Waals surface area contributed by atoms with Crippen LogP contribution in [0, 0.1) is 0 Å². The smallest absolute Gasteiger partial charge is 0.144 e. The van der Waals surface area contributed by atoms with Crippen molar-refractivity contribution >= 4 is 52.2 Å². The standard InChI is InChI=1S/C95H146N10/c1-7-13-19-25-31-37-43-49-55-81-61-67-96-88(73-81)103(89-74-82(62-68-97-89)56-50-44-38-32-26-20-14-8-2)87-79-94(104(90-75-83(63-69-98-90)57-51-45-39-33-27-21-15-9-3)91-76-84(64-70-99-91)58-52-46-40-34-28-22-16-10-4)102-95(80-87)105(92-77-85(65-71-100-92)59-53-47-41-35-29-23-17-11-5)93-78-86(66-72-101-93)60-54-48-42-36-30-24-18-12-6/h61-80H,7-60H2,1-6H3. The minimum atomic E-state index is 0.696. The minimum absolute atomic E-state index is 0.696. The number of hydrogen-bond acceptors (Lipinski definition) is 10. The summed E-state index contributed by atoms with van der Waals surface area (Å²) >= 11 is 0. The highest BCUT2D eigenvalue weighted by Gasteiger charge is 2.28. The van der Waals surface area contributed by atoms with Gasteiger partial charge in [-0.25, -0.2) is 34.9 Å². The molecule has 0 radical (unpaired) electrons. The van der Waals surface area contributed by atoms with Gasteiger partial charge in [0, 0.05) is 49.3 Å². The van der Waals surface area contributed by atoms with E-state index in [1.54, 1.807) is 0 Å². The van der Waals surface area contributed by atoms with Crippen molar-refractivity contribution in [2.24, 2.45) is 0 Å². The Balaban J connectivity index is 1.42. The number of pyridine rings is 7. The Morgan fingerprint density at radius 1 is 0.181 bits per heavy atom. The molecule has 0 aliphatic carbocycles. The molecule has 0 aliphatic rings. The Morgan fingerprint density at radius 3 is 0.524 bits per heavy atom. The van der Waals surface area contributed by atoms with Crippen LogP contribution in [0.5, 0.6) is 0 Å². The Hall–Kier alpha value is -6.55. The summed E-state index contributed by atoms with van der Waals surface area (Å²) in [5.74, 6) is 6.24. The fraction of sp³-hybridized carbons (Fsp3) is 0.632. The van der Waals surface area contributed by atoms with Gasteiger partial charge in [0.15, 0.2) is 0 Å². The zero-order chi connectivity index (χ0) is 73.7. The van der Waals surface area contributed by atoms with Crippen LogP contribution in [0.3, 0.4) is 0 Å². The summed E-state index contributed by atoms with van der Waals surface area (Å²) in [5, 5.41) is 0. The number of aromatic nitrogens is 7. The number of anilines is 9. The van der Waals surface area contributed by atoms with Crippen LogP contribution < -0.4 is 14.7 Å². The van der Waals surface area contributed by atoms with Crippen LogP contribution in [-0.4, -0.2) is 34.9 Å². The van der Waals surface area contributed by atoms with Crippen molar-refractivity contribution in [1.29, 1.82) is 0 Å². The monoisotopic (exact) mass is 1430 g/mol. The normalized spacial score (nSPS) is 11.5. The molecule has 0 saturated carbocycles. The van der Waals surface area contributed by atoms with Crippen molar-refractivity contribution in [3.8, 4) is 0 Å². The Morgan fingerprint density at radius 2 is 0.343 bits per heavy atom. The molecule has 0 aromatic carbocycles. The third-order valence-corrected chi connectivity index (χ3v) is 21.6. The minimum Gasteiger partial charge on any atom is -0.279 e. The van der Waals surface area contributed by atoms with Gasteiger partial charge in [-0.05, 0) is 183 Å². The lowest BCUT2D eigenvalue weighted by atomic mass is 10.0. The topological polar surface area (TPSA) is 100.0 Å². The van der Waals surface area contributed by atoms with Gasteiger partial charge < -0.3 is 0 Å². The van der Waals surface area contributed by atoms with E-state index in [0.29, 0.717) is 11.6 Å². The molecule has 0 saturated heterocycles. The second-order valence-corrected chi connectivity index (χ2v) is 31.0. The first-order valence-electron chi connectivity index (χ1n) is 44.1. The van der Waals surface area contributed by atoms with Crippen LogP contribution in [0.25, 0.3) is 0 Å². The molecule has 7 rings (SSSR count).